The highest BCUT2D eigenvalue weighted by atomic mass is 32.2. The Morgan fingerprint density at radius 3 is 2.91 bits per heavy atom. The van der Waals surface area contributed by atoms with Crippen LogP contribution in [0, 0.1) is 5.82 Å². The number of allylic oxidation sites excluding steroid dienone is 1. The van der Waals surface area contributed by atoms with E-state index in [9.17, 15) is 17.6 Å². The van der Waals surface area contributed by atoms with E-state index in [1.165, 1.54) is 12.1 Å². The number of benzene rings is 1. The number of carbonyl (C=O) groups is 1. The van der Waals surface area contributed by atoms with Crippen LogP contribution in [0.15, 0.2) is 33.7 Å². The Hall–Kier alpha value is -1.89. The molecule has 7 heteroatoms. The molecule has 0 atom stereocenters. The minimum atomic E-state index is -4.00. The number of sulfone groups is 1. The van der Waals surface area contributed by atoms with Crippen LogP contribution in [0.2, 0.25) is 0 Å². The number of anilines is 1. The summed E-state index contributed by atoms with van der Waals surface area (Å²) in [6, 6.07) is 3.70. The molecule has 0 unspecified atom stereocenters. The average Bonchev–Trinajstić information content (AvgIpc) is 2.93. The smallest absolute Gasteiger partial charge is 0.265 e. The molecule has 1 amide bonds. The maximum atomic E-state index is 13.5. The summed E-state index contributed by atoms with van der Waals surface area (Å²) in [5.74, 6) is -1.23. The fourth-order valence-electron chi connectivity index (χ4n) is 2.94. The number of hydrogen-bond acceptors (Lipinski definition) is 4. The Morgan fingerprint density at radius 1 is 1.41 bits per heavy atom. The summed E-state index contributed by atoms with van der Waals surface area (Å²) in [5.41, 5.74) is 0.980. The first-order valence-corrected chi connectivity index (χ1v) is 8.78. The molecule has 1 fully saturated rings. The molecule has 5 nitrogen and oxygen atoms in total. The number of carbonyl (C=O) groups excluding carboxylic acids is 1. The van der Waals surface area contributed by atoms with E-state index in [0.29, 0.717) is 37.3 Å². The third-order valence-electron chi connectivity index (χ3n) is 3.90. The van der Waals surface area contributed by atoms with Crippen molar-refractivity contribution in [2.75, 3.05) is 18.0 Å². The monoisotopic (exact) mass is 324 g/mol. The van der Waals surface area contributed by atoms with Crippen LogP contribution in [0.4, 0.5) is 10.1 Å². The van der Waals surface area contributed by atoms with E-state index < -0.39 is 21.6 Å². The molecule has 0 bridgehead atoms. The first-order valence-electron chi connectivity index (χ1n) is 7.30. The molecule has 0 saturated carbocycles. The summed E-state index contributed by atoms with van der Waals surface area (Å²) >= 11 is 0. The maximum Gasteiger partial charge on any atom is 0.265 e. The lowest BCUT2D eigenvalue weighted by Crippen LogP contribution is -2.36. The minimum absolute atomic E-state index is 0.125. The minimum Gasteiger partial charge on any atom is -0.351 e. The summed E-state index contributed by atoms with van der Waals surface area (Å²) in [6.45, 7) is 2.93. The normalized spacial score (nSPS) is 18.9. The fraction of sp³-hybridized carbons (Fsp3) is 0.400. The third kappa shape index (κ3) is 2.20. The maximum absolute atomic E-state index is 13.5. The molecule has 1 aromatic rings. The number of halogens is 1. The van der Waals surface area contributed by atoms with Crippen molar-refractivity contribution in [2.24, 2.45) is 0 Å². The molecule has 22 heavy (non-hydrogen) atoms. The second kappa shape index (κ2) is 5.39. The highest BCUT2D eigenvalue weighted by molar-refractivity contribution is 7.96. The number of amides is 1. The molecule has 0 aliphatic carbocycles. The van der Waals surface area contributed by atoms with E-state index >= 15 is 0 Å². The Balaban J connectivity index is 2.18. The van der Waals surface area contributed by atoms with Gasteiger partial charge in [0.15, 0.2) is 4.91 Å². The highest BCUT2D eigenvalue weighted by Crippen LogP contribution is 2.43. The van der Waals surface area contributed by atoms with E-state index in [0.717, 1.165) is 12.5 Å². The first-order chi connectivity index (χ1) is 10.5. The zero-order valence-electron chi connectivity index (χ0n) is 12.2. The largest absolute Gasteiger partial charge is 0.351 e. The summed E-state index contributed by atoms with van der Waals surface area (Å²) < 4.78 is 39.1. The summed E-state index contributed by atoms with van der Waals surface area (Å²) in [7, 11) is -4.00. The molecule has 0 aromatic heterocycles. The van der Waals surface area contributed by atoms with Crippen LogP contribution in [0.1, 0.15) is 26.2 Å². The Kier molecular flexibility index (Phi) is 3.68. The molecule has 1 saturated heterocycles. The van der Waals surface area contributed by atoms with E-state index in [1.54, 1.807) is 0 Å². The van der Waals surface area contributed by atoms with Gasteiger partial charge in [-0.3, -0.25) is 4.79 Å². The summed E-state index contributed by atoms with van der Waals surface area (Å²) in [6.07, 6.45) is 2.01. The standard InChI is InChI=1S/C15H17FN2O3S/c1-2-7-17-15(19)14-12-4-3-8-18(12)11-6-5-10(16)9-13(11)22(14,20)21/h5-6,9H,2-4,7-8H2,1H3,(H,17,19). The van der Waals surface area contributed by atoms with E-state index in [-0.39, 0.29) is 9.80 Å². The van der Waals surface area contributed by atoms with Crippen LogP contribution in [-0.4, -0.2) is 27.4 Å². The van der Waals surface area contributed by atoms with Gasteiger partial charge in [0.05, 0.1) is 10.6 Å². The number of rotatable bonds is 3. The van der Waals surface area contributed by atoms with Crippen molar-refractivity contribution < 1.29 is 17.6 Å². The van der Waals surface area contributed by atoms with Gasteiger partial charge in [0.2, 0.25) is 9.84 Å². The molecule has 2 aliphatic rings. The second-order valence-electron chi connectivity index (χ2n) is 5.40. The van der Waals surface area contributed by atoms with Crippen LogP contribution in [0.25, 0.3) is 0 Å². The van der Waals surface area contributed by atoms with Crippen molar-refractivity contribution in [1.29, 1.82) is 0 Å². The van der Waals surface area contributed by atoms with Crippen molar-refractivity contribution in [3.05, 3.63) is 34.6 Å². The van der Waals surface area contributed by atoms with E-state index in [2.05, 4.69) is 5.32 Å². The predicted molar refractivity (Wildman–Crippen MR) is 80.5 cm³/mol. The van der Waals surface area contributed by atoms with Crippen molar-refractivity contribution in [2.45, 2.75) is 31.1 Å². The number of nitrogens with zero attached hydrogens (tertiary/aromatic N) is 1. The molecule has 2 heterocycles. The van der Waals surface area contributed by atoms with Gasteiger partial charge in [-0.1, -0.05) is 6.92 Å². The van der Waals surface area contributed by atoms with Crippen molar-refractivity contribution in [3.63, 3.8) is 0 Å². The molecular weight excluding hydrogens is 307 g/mol. The first kappa shape index (κ1) is 15.0. The molecular formula is C15H17FN2O3S. The molecule has 0 spiro atoms. The molecule has 118 valence electrons. The van der Waals surface area contributed by atoms with Crippen LogP contribution in [0.3, 0.4) is 0 Å². The number of nitrogens with one attached hydrogen (secondary N) is 1. The van der Waals surface area contributed by atoms with Gasteiger partial charge in [-0.05, 0) is 37.5 Å². The fourth-order valence-corrected chi connectivity index (χ4v) is 4.72. The van der Waals surface area contributed by atoms with E-state index in [4.69, 9.17) is 0 Å². The highest BCUT2D eigenvalue weighted by Gasteiger charge is 2.41. The quantitative estimate of drug-likeness (QED) is 0.923. The van der Waals surface area contributed by atoms with Gasteiger partial charge in [0.25, 0.3) is 5.91 Å². The van der Waals surface area contributed by atoms with Gasteiger partial charge >= 0.3 is 0 Å². The van der Waals surface area contributed by atoms with Gasteiger partial charge in [0, 0.05) is 18.8 Å². The summed E-state index contributed by atoms with van der Waals surface area (Å²) in [4.78, 5) is 13.8. The van der Waals surface area contributed by atoms with Crippen molar-refractivity contribution in [3.8, 4) is 0 Å². The predicted octanol–water partition coefficient (Wildman–Crippen LogP) is 1.95. The van der Waals surface area contributed by atoms with Gasteiger partial charge < -0.3 is 10.2 Å². The zero-order chi connectivity index (χ0) is 15.9. The number of hydrogen-bond donors (Lipinski definition) is 1. The third-order valence-corrected chi connectivity index (χ3v) is 5.76. The lowest BCUT2D eigenvalue weighted by atomic mass is 10.2. The molecule has 3 rings (SSSR count). The van der Waals surface area contributed by atoms with Crippen LogP contribution in [-0.2, 0) is 14.6 Å². The Bertz CT molecular complexity index is 771. The topological polar surface area (TPSA) is 66.5 Å². The summed E-state index contributed by atoms with van der Waals surface area (Å²) in [5, 5.41) is 2.62. The molecule has 2 aliphatic heterocycles. The molecule has 0 radical (unpaired) electrons. The van der Waals surface area contributed by atoms with Crippen LogP contribution < -0.4 is 10.2 Å². The zero-order valence-corrected chi connectivity index (χ0v) is 13.0. The molecule has 1 N–H and O–H groups in total. The van der Waals surface area contributed by atoms with E-state index in [1.807, 2.05) is 11.8 Å². The van der Waals surface area contributed by atoms with Gasteiger partial charge in [-0.25, -0.2) is 12.8 Å². The molecule has 1 aromatic carbocycles. The van der Waals surface area contributed by atoms with Gasteiger partial charge in [-0.2, -0.15) is 0 Å². The average molecular weight is 324 g/mol. The van der Waals surface area contributed by atoms with Gasteiger partial charge in [0.1, 0.15) is 5.82 Å². The Labute approximate surface area is 128 Å². The Morgan fingerprint density at radius 2 is 2.18 bits per heavy atom. The second-order valence-corrected chi connectivity index (χ2v) is 7.26. The number of fused-ring (bicyclic) bond motifs is 3. The van der Waals surface area contributed by atoms with Crippen molar-refractivity contribution in [1.82, 2.24) is 5.32 Å². The van der Waals surface area contributed by atoms with Crippen molar-refractivity contribution >= 4 is 21.4 Å². The lowest BCUT2D eigenvalue weighted by Gasteiger charge is -2.30. The van der Waals surface area contributed by atoms with Crippen LogP contribution >= 0.6 is 0 Å². The van der Waals surface area contributed by atoms with Crippen LogP contribution in [0.5, 0.6) is 0 Å². The SMILES string of the molecule is CCCNC(=O)C1=C2CCCN2c2ccc(F)cc2S1(=O)=O. The lowest BCUT2D eigenvalue weighted by molar-refractivity contribution is -0.116. The van der Waals surface area contributed by atoms with Gasteiger partial charge in [-0.15, -0.1) is 0 Å².